The summed E-state index contributed by atoms with van der Waals surface area (Å²) < 4.78 is 1.97. The summed E-state index contributed by atoms with van der Waals surface area (Å²) in [6, 6.07) is 15.6. The molecule has 2 N–H and O–H groups in total. The Morgan fingerprint density at radius 2 is 1.90 bits per heavy atom. The van der Waals surface area contributed by atoms with E-state index in [0.717, 1.165) is 41.0 Å². The summed E-state index contributed by atoms with van der Waals surface area (Å²) in [5.74, 6) is 0.852. The fourth-order valence-electron chi connectivity index (χ4n) is 3.35. The molecule has 1 aromatic heterocycles. The first kappa shape index (κ1) is 20.6. The van der Waals surface area contributed by atoms with E-state index in [1.807, 2.05) is 66.9 Å². The lowest BCUT2D eigenvalue weighted by Crippen LogP contribution is -2.25. The monoisotopic (exact) mass is 392 g/mol. The minimum absolute atomic E-state index is 0.0820. The highest BCUT2D eigenvalue weighted by atomic mass is 16.2. The molecule has 0 atom stereocenters. The summed E-state index contributed by atoms with van der Waals surface area (Å²) in [6.07, 6.45) is 2.87. The maximum atomic E-state index is 12.7. The second-order valence-electron chi connectivity index (χ2n) is 7.22. The molecule has 3 aromatic rings. The number of para-hydroxylation sites is 2. The van der Waals surface area contributed by atoms with Gasteiger partial charge in [0, 0.05) is 25.1 Å². The van der Waals surface area contributed by atoms with Crippen LogP contribution in [0, 0.1) is 6.92 Å². The number of anilines is 1. The van der Waals surface area contributed by atoms with Crippen LogP contribution in [0.1, 0.15) is 37.6 Å². The molecule has 3 rings (SSSR count). The number of fused-ring (bicyclic) bond motifs is 1. The number of hydrogen-bond donors (Lipinski definition) is 2. The summed E-state index contributed by atoms with van der Waals surface area (Å²) in [6.45, 7) is 4.80. The highest BCUT2D eigenvalue weighted by Gasteiger charge is 2.14. The first-order chi connectivity index (χ1) is 14.1. The van der Waals surface area contributed by atoms with Crippen molar-refractivity contribution in [1.29, 1.82) is 0 Å². The van der Waals surface area contributed by atoms with Crippen LogP contribution in [-0.2, 0) is 22.6 Å². The van der Waals surface area contributed by atoms with E-state index in [1.54, 1.807) is 0 Å². The summed E-state index contributed by atoms with van der Waals surface area (Å²) in [5.41, 5.74) is 3.71. The SMILES string of the molecule is CCCC(=O)NCCCc1nc2ccccc2n1CC(=O)Nc1cccc(C)c1. The molecular weight excluding hydrogens is 364 g/mol. The molecule has 0 bridgehead atoms. The lowest BCUT2D eigenvalue weighted by Gasteiger charge is -2.11. The molecule has 152 valence electrons. The molecule has 29 heavy (non-hydrogen) atoms. The second-order valence-corrected chi connectivity index (χ2v) is 7.22. The lowest BCUT2D eigenvalue weighted by molar-refractivity contribution is -0.121. The van der Waals surface area contributed by atoms with Crippen LogP contribution in [0.2, 0.25) is 0 Å². The molecule has 2 amide bonds. The second kappa shape index (κ2) is 9.87. The van der Waals surface area contributed by atoms with Crippen LogP contribution in [0.5, 0.6) is 0 Å². The minimum atomic E-state index is -0.0868. The molecule has 0 aliphatic heterocycles. The highest BCUT2D eigenvalue weighted by molar-refractivity contribution is 5.91. The van der Waals surface area contributed by atoms with Crippen molar-refractivity contribution >= 4 is 28.5 Å². The van der Waals surface area contributed by atoms with Crippen molar-refractivity contribution in [3.63, 3.8) is 0 Å². The first-order valence-electron chi connectivity index (χ1n) is 10.1. The summed E-state index contributed by atoms with van der Waals surface area (Å²) in [5, 5.41) is 5.90. The van der Waals surface area contributed by atoms with Crippen LogP contribution >= 0.6 is 0 Å². The Kier molecular flexibility index (Phi) is 7.00. The number of hydrogen-bond acceptors (Lipinski definition) is 3. The number of nitrogens with zero attached hydrogens (tertiary/aromatic N) is 2. The quantitative estimate of drug-likeness (QED) is 0.543. The standard InChI is InChI=1S/C23H28N4O2/c1-3-8-22(28)24-14-7-13-21-26-19-11-4-5-12-20(19)27(21)16-23(29)25-18-10-6-9-17(2)15-18/h4-6,9-12,15H,3,7-8,13-14,16H2,1-2H3,(H,24,28)(H,25,29). The molecule has 0 radical (unpaired) electrons. The average molecular weight is 393 g/mol. The van der Waals surface area contributed by atoms with Gasteiger partial charge in [0.05, 0.1) is 11.0 Å². The van der Waals surface area contributed by atoms with E-state index in [9.17, 15) is 9.59 Å². The van der Waals surface area contributed by atoms with Crippen LogP contribution < -0.4 is 10.6 Å². The van der Waals surface area contributed by atoms with Gasteiger partial charge in [-0.1, -0.05) is 31.2 Å². The lowest BCUT2D eigenvalue weighted by atomic mass is 10.2. The number of carbonyl (C=O) groups is 2. The van der Waals surface area contributed by atoms with E-state index >= 15 is 0 Å². The summed E-state index contributed by atoms with van der Waals surface area (Å²) >= 11 is 0. The molecule has 0 spiro atoms. The van der Waals surface area contributed by atoms with Gasteiger partial charge in [0.1, 0.15) is 12.4 Å². The summed E-state index contributed by atoms with van der Waals surface area (Å²) in [7, 11) is 0. The van der Waals surface area contributed by atoms with E-state index in [2.05, 4.69) is 10.6 Å². The van der Waals surface area contributed by atoms with Crippen LogP contribution in [0.25, 0.3) is 11.0 Å². The number of aryl methyl sites for hydroxylation is 2. The maximum absolute atomic E-state index is 12.7. The Morgan fingerprint density at radius 3 is 2.69 bits per heavy atom. The zero-order valence-electron chi connectivity index (χ0n) is 17.1. The molecule has 0 aliphatic rings. The number of carbonyl (C=O) groups excluding carboxylic acids is 2. The zero-order valence-corrected chi connectivity index (χ0v) is 17.1. The smallest absolute Gasteiger partial charge is 0.244 e. The molecule has 0 unspecified atom stereocenters. The van der Waals surface area contributed by atoms with Crippen molar-refractivity contribution in [3.05, 3.63) is 59.9 Å². The molecule has 2 aromatic carbocycles. The molecule has 0 saturated heterocycles. The maximum Gasteiger partial charge on any atom is 0.244 e. The van der Waals surface area contributed by atoms with Crippen molar-refractivity contribution in [2.45, 2.75) is 46.1 Å². The average Bonchev–Trinajstić information content (AvgIpc) is 3.03. The fraction of sp³-hybridized carbons (Fsp3) is 0.348. The largest absolute Gasteiger partial charge is 0.356 e. The van der Waals surface area contributed by atoms with E-state index in [4.69, 9.17) is 4.98 Å². The van der Waals surface area contributed by atoms with Crippen molar-refractivity contribution < 1.29 is 9.59 Å². The van der Waals surface area contributed by atoms with Crippen LogP contribution in [-0.4, -0.2) is 27.9 Å². The van der Waals surface area contributed by atoms with E-state index in [0.29, 0.717) is 19.4 Å². The molecule has 6 heteroatoms. The molecular formula is C23H28N4O2. The van der Waals surface area contributed by atoms with Crippen LogP contribution in [0.15, 0.2) is 48.5 Å². The van der Waals surface area contributed by atoms with Gasteiger partial charge in [0.2, 0.25) is 11.8 Å². The minimum Gasteiger partial charge on any atom is -0.356 e. The Hall–Kier alpha value is -3.15. The van der Waals surface area contributed by atoms with E-state index in [-0.39, 0.29) is 18.4 Å². The first-order valence-corrected chi connectivity index (χ1v) is 10.1. The predicted octanol–water partition coefficient (Wildman–Crippen LogP) is 3.83. The van der Waals surface area contributed by atoms with Gasteiger partial charge in [-0.2, -0.15) is 0 Å². The van der Waals surface area contributed by atoms with Gasteiger partial charge in [0.25, 0.3) is 0 Å². The Labute approximate surface area is 171 Å². The van der Waals surface area contributed by atoms with E-state index in [1.165, 1.54) is 0 Å². The number of rotatable bonds is 9. The molecule has 0 saturated carbocycles. The third-order valence-corrected chi connectivity index (χ3v) is 4.71. The zero-order chi connectivity index (χ0) is 20.6. The Bertz CT molecular complexity index is 993. The van der Waals surface area contributed by atoms with Crippen LogP contribution in [0.4, 0.5) is 5.69 Å². The summed E-state index contributed by atoms with van der Waals surface area (Å²) in [4.78, 5) is 29.0. The van der Waals surface area contributed by atoms with Crippen molar-refractivity contribution in [2.24, 2.45) is 0 Å². The normalized spacial score (nSPS) is 10.8. The van der Waals surface area contributed by atoms with Gasteiger partial charge < -0.3 is 15.2 Å². The molecule has 6 nitrogen and oxygen atoms in total. The highest BCUT2D eigenvalue weighted by Crippen LogP contribution is 2.18. The van der Waals surface area contributed by atoms with Gasteiger partial charge >= 0.3 is 0 Å². The Morgan fingerprint density at radius 1 is 1.07 bits per heavy atom. The van der Waals surface area contributed by atoms with Gasteiger partial charge in [-0.25, -0.2) is 4.98 Å². The Balaban J connectivity index is 1.69. The van der Waals surface area contributed by atoms with Crippen LogP contribution in [0.3, 0.4) is 0 Å². The molecule has 1 heterocycles. The number of imidazole rings is 1. The van der Waals surface area contributed by atoms with Gasteiger partial charge in [-0.3, -0.25) is 9.59 Å². The van der Waals surface area contributed by atoms with E-state index < -0.39 is 0 Å². The number of aromatic nitrogens is 2. The predicted molar refractivity (Wildman–Crippen MR) is 116 cm³/mol. The fourth-order valence-corrected chi connectivity index (χ4v) is 3.35. The number of nitrogens with one attached hydrogen (secondary N) is 2. The molecule has 0 aliphatic carbocycles. The molecule has 0 fully saturated rings. The topological polar surface area (TPSA) is 76.0 Å². The number of amides is 2. The van der Waals surface area contributed by atoms with Crippen molar-refractivity contribution in [1.82, 2.24) is 14.9 Å². The third kappa shape index (κ3) is 5.67. The van der Waals surface area contributed by atoms with Gasteiger partial charge in [0.15, 0.2) is 0 Å². The van der Waals surface area contributed by atoms with Crippen molar-refractivity contribution in [2.75, 3.05) is 11.9 Å². The number of benzene rings is 2. The van der Waals surface area contributed by atoms with Crippen molar-refractivity contribution in [3.8, 4) is 0 Å². The van der Waals surface area contributed by atoms with Gasteiger partial charge in [-0.15, -0.1) is 0 Å². The third-order valence-electron chi connectivity index (χ3n) is 4.71. The van der Waals surface area contributed by atoms with Gasteiger partial charge in [-0.05, 0) is 49.6 Å².